The van der Waals surface area contributed by atoms with Crippen molar-refractivity contribution in [1.29, 1.82) is 0 Å². The van der Waals surface area contributed by atoms with Crippen molar-refractivity contribution in [2.24, 2.45) is 0 Å². The number of rotatable bonds is 2. The van der Waals surface area contributed by atoms with Gasteiger partial charge in [-0.05, 0) is 25.0 Å². The Kier molecular flexibility index (Phi) is 5.00. The summed E-state index contributed by atoms with van der Waals surface area (Å²) in [6.45, 7) is 3.57. The van der Waals surface area contributed by atoms with E-state index in [1.807, 2.05) is 11.8 Å². The third-order valence-corrected chi connectivity index (χ3v) is 6.35. The maximum Gasteiger partial charge on any atom is 0.259 e. The molecule has 0 bridgehead atoms. The largest absolute Gasteiger partial charge is 0.358 e. The van der Waals surface area contributed by atoms with E-state index in [1.165, 1.54) is 29.8 Å². The predicted octanol–water partition coefficient (Wildman–Crippen LogP) is 2.32. The molecule has 2 aliphatic rings. The minimum Gasteiger partial charge on any atom is -0.358 e. The first-order valence-electron chi connectivity index (χ1n) is 9.06. The summed E-state index contributed by atoms with van der Waals surface area (Å²) in [6.07, 6.45) is 3.23. The summed E-state index contributed by atoms with van der Waals surface area (Å²) in [5.41, 5.74) is -0.162. The van der Waals surface area contributed by atoms with Crippen molar-refractivity contribution in [3.05, 3.63) is 46.0 Å². The zero-order valence-corrected chi connectivity index (χ0v) is 15.4. The molecule has 1 aromatic heterocycles. The van der Waals surface area contributed by atoms with Gasteiger partial charge in [0.05, 0.1) is 5.52 Å². The van der Waals surface area contributed by atoms with Crippen molar-refractivity contribution >= 4 is 28.6 Å². The van der Waals surface area contributed by atoms with Gasteiger partial charge in [0.2, 0.25) is 5.43 Å². The summed E-state index contributed by atoms with van der Waals surface area (Å²) < 4.78 is 13.8. The number of aromatic nitrogens is 1. The number of fused-ring (bicyclic) bond motifs is 1. The van der Waals surface area contributed by atoms with Gasteiger partial charge in [0.25, 0.3) is 5.91 Å². The number of piperidine rings is 1. The molecule has 2 fully saturated rings. The third kappa shape index (κ3) is 3.25. The van der Waals surface area contributed by atoms with Gasteiger partial charge in [0.1, 0.15) is 11.4 Å². The van der Waals surface area contributed by atoms with E-state index in [0.29, 0.717) is 19.1 Å². The molecule has 138 valence electrons. The predicted molar refractivity (Wildman–Crippen MR) is 102 cm³/mol. The van der Waals surface area contributed by atoms with Gasteiger partial charge >= 0.3 is 0 Å². The van der Waals surface area contributed by atoms with Crippen molar-refractivity contribution in [2.75, 3.05) is 37.7 Å². The fraction of sp³-hybridized carbons (Fsp3) is 0.474. The van der Waals surface area contributed by atoms with E-state index in [4.69, 9.17) is 0 Å². The molecule has 5 nitrogen and oxygen atoms in total. The summed E-state index contributed by atoms with van der Waals surface area (Å²) in [7, 11) is 0. The highest BCUT2D eigenvalue weighted by Crippen LogP contribution is 2.21. The molecule has 0 radical (unpaired) electrons. The number of nitrogens with zero attached hydrogens (tertiary/aromatic N) is 2. The molecule has 3 heterocycles. The fourth-order valence-corrected chi connectivity index (χ4v) is 4.85. The zero-order valence-electron chi connectivity index (χ0n) is 14.5. The second-order valence-corrected chi connectivity index (χ2v) is 8.09. The molecule has 2 aliphatic heterocycles. The fourth-order valence-electron chi connectivity index (χ4n) is 3.92. The summed E-state index contributed by atoms with van der Waals surface area (Å²) in [6, 6.07) is 4.87. The molecule has 0 aliphatic carbocycles. The third-order valence-electron chi connectivity index (χ3n) is 5.41. The first-order chi connectivity index (χ1) is 12.6. The minimum absolute atomic E-state index is 0.0934. The van der Waals surface area contributed by atoms with Crippen LogP contribution in [0.4, 0.5) is 4.39 Å². The topological polar surface area (TPSA) is 56.4 Å². The number of hydrogen-bond donors (Lipinski definition) is 1. The van der Waals surface area contributed by atoms with Crippen LogP contribution in [0.1, 0.15) is 23.2 Å². The van der Waals surface area contributed by atoms with E-state index in [9.17, 15) is 14.0 Å². The number of carbonyl (C=O) groups is 1. The first kappa shape index (κ1) is 17.5. The Morgan fingerprint density at radius 3 is 2.62 bits per heavy atom. The molecule has 0 spiro atoms. The van der Waals surface area contributed by atoms with Gasteiger partial charge in [0, 0.05) is 55.3 Å². The van der Waals surface area contributed by atoms with Gasteiger partial charge in [-0.25, -0.2) is 4.39 Å². The molecule has 1 aromatic carbocycles. The molecule has 7 heteroatoms. The van der Waals surface area contributed by atoms with Crippen molar-refractivity contribution in [1.82, 2.24) is 14.8 Å². The van der Waals surface area contributed by atoms with Crippen LogP contribution < -0.4 is 5.43 Å². The van der Waals surface area contributed by atoms with Gasteiger partial charge in [-0.15, -0.1) is 0 Å². The van der Waals surface area contributed by atoms with E-state index in [2.05, 4.69) is 9.88 Å². The Bertz CT molecular complexity index is 871. The number of nitrogens with one attached hydrogen (secondary N) is 1. The number of carbonyl (C=O) groups excluding carboxylic acids is 1. The number of halogens is 1. The van der Waals surface area contributed by atoms with Crippen molar-refractivity contribution in [2.45, 2.75) is 18.9 Å². The smallest absolute Gasteiger partial charge is 0.259 e. The van der Waals surface area contributed by atoms with Crippen LogP contribution in [0.3, 0.4) is 0 Å². The molecule has 1 amide bonds. The molecule has 2 aromatic rings. The number of benzene rings is 1. The van der Waals surface area contributed by atoms with E-state index >= 15 is 0 Å². The van der Waals surface area contributed by atoms with E-state index in [0.717, 1.165) is 25.9 Å². The molecule has 0 saturated carbocycles. The highest BCUT2D eigenvalue weighted by molar-refractivity contribution is 7.99. The van der Waals surface area contributed by atoms with Crippen LogP contribution in [-0.4, -0.2) is 64.4 Å². The molecule has 26 heavy (non-hydrogen) atoms. The molecule has 0 unspecified atom stereocenters. The lowest BCUT2D eigenvalue weighted by atomic mass is 10.0. The lowest BCUT2D eigenvalue weighted by molar-refractivity contribution is 0.0629. The number of likely N-dealkylation sites (tertiary alicyclic amines) is 1. The normalized spacial score (nSPS) is 19.8. The number of aromatic amines is 1. The van der Waals surface area contributed by atoms with Gasteiger partial charge < -0.3 is 9.88 Å². The van der Waals surface area contributed by atoms with Crippen molar-refractivity contribution < 1.29 is 9.18 Å². The molecule has 0 atom stereocenters. The van der Waals surface area contributed by atoms with Gasteiger partial charge in [-0.1, -0.05) is 6.07 Å². The zero-order chi connectivity index (χ0) is 18.1. The number of amides is 1. The lowest BCUT2D eigenvalue weighted by Gasteiger charge is -2.40. The summed E-state index contributed by atoms with van der Waals surface area (Å²) in [5.74, 6) is 1.62. The quantitative estimate of drug-likeness (QED) is 0.875. The van der Waals surface area contributed by atoms with E-state index in [1.54, 1.807) is 11.0 Å². The van der Waals surface area contributed by atoms with Crippen LogP contribution in [0.25, 0.3) is 10.9 Å². The van der Waals surface area contributed by atoms with Crippen LogP contribution in [-0.2, 0) is 0 Å². The molecule has 4 rings (SSSR count). The highest BCUT2D eigenvalue weighted by Gasteiger charge is 2.29. The Labute approximate surface area is 155 Å². The van der Waals surface area contributed by atoms with Crippen LogP contribution in [0, 0.1) is 5.82 Å². The standard InChI is InChI=1S/C19H22FN3O2S/c20-16-3-1-2-14-17(16)21-12-15(18(14)24)19(25)23-6-4-13(5-7-23)22-8-10-26-11-9-22/h1-3,12-13H,4-11H2,(H,21,24). The number of H-pyrrole nitrogens is 1. The Morgan fingerprint density at radius 2 is 1.88 bits per heavy atom. The maximum absolute atomic E-state index is 13.8. The number of thioether (sulfide) groups is 1. The number of para-hydroxylation sites is 1. The number of pyridine rings is 1. The van der Waals surface area contributed by atoms with Crippen LogP contribution in [0.2, 0.25) is 0 Å². The summed E-state index contributed by atoms with van der Waals surface area (Å²) in [5, 5.41) is 0.219. The van der Waals surface area contributed by atoms with Crippen LogP contribution in [0.5, 0.6) is 0 Å². The van der Waals surface area contributed by atoms with Gasteiger partial charge in [0.15, 0.2) is 0 Å². The number of hydrogen-bond acceptors (Lipinski definition) is 4. The van der Waals surface area contributed by atoms with E-state index in [-0.39, 0.29) is 22.4 Å². The Hall–Kier alpha value is -1.86. The average molecular weight is 375 g/mol. The minimum atomic E-state index is -0.487. The first-order valence-corrected chi connectivity index (χ1v) is 10.2. The van der Waals surface area contributed by atoms with Crippen molar-refractivity contribution in [3.8, 4) is 0 Å². The summed E-state index contributed by atoms with van der Waals surface area (Å²) in [4.78, 5) is 32.5. The lowest BCUT2D eigenvalue weighted by Crippen LogP contribution is -2.49. The highest BCUT2D eigenvalue weighted by atomic mass is 32.2. The molecule has 2 saturated heterocycles. The Morgan fingerprint density at radius 1 is 1.15 bits per heavy atom. The second kappa shape index (κ2) is 7.40. The molecular formula is C19H22FN3O2S. The summed E-state index contributed by atoms with van der Waals surface area (Å²) >= 11 is 2.00. The van der Waals surface area contributed by atoms with Crippen molar-refractivity contribution in [3.63, 3.8) is 0 Å². The van der Waals surface area contributed by atoms with Crippen LogP contribution in [0.15, 0.2) is 29.2 Å². The van der Waals surface area contributed by atoms with Crippen LogP contribution >= 0.6 is 11.8 Å². The Balaban J connectivity index is 1.49. The van der Waals surface area contributed by atoms with E-state index < -0.39 is 11.2 Å². The SMILES string of the molecule is O=C(c1c[nH]c2c(F)cccc2c1=O)N1CCC(N2CCSCC2)CC1. The maximum atomic E-state index is 13.8. The monoisotopic (exact) mass is 375 g/mol. The second-order valence-electron chi connectivity index (χ2n) is 6.87. The molecular weight excluding hydrogens is 353 g/mol. The van der Waals surface area contributed by atoms with Gasteiger partial charge in [-0.3, -0.25) is 14.5 Å². The average Bonchev–Trinajstić information content (AvgIpc) is 2.69. The van der Waals surface area contributed by atoms with Gasteiger partial charge in [-0.2, -0.15) is 11.8 Å². The molecule has 1 N–H and O–H groups in total.